The molecular weight excluding hydrogens is 444 g/mol. The van der Waals surface area contributed by atoms with Crippen molar-refractivity contribution in [3.8, 4) is 23.0 Å². The van der Waals surface area contributed by atoms with Gasteiger partial charge in [-0.2, -0.15) is 4.52 Å². The summed E-state index contributed by atoms with van der Waals surface area (Å²) in [7, 11) is -2.74. The molecule has 0 aliphatic heterocycles. The van der Waals surface area contributed by atoms with Crippen molar-refractivity contribution in [3.63, 3.8) is 0 Å². The van der Waals surface area contributed by atoms with Gasteiger partial charge in [-0.05, 0) is 36.4 Å². The van der Waals surface area contributed by atoms with Gasteiger partial charge in [-0.3, -0.25) is 0 Å². The van der Waals surface area contributed by atoms with Gasteiger partial charge >= 0.3 is 0 Å². The van der Waals surface area contributed by atoms with Gasteiger partial charge in [0, 0.05) is 18.2 Å². The van der Waals surface area contributed by atoms with Gasteiger partial charge in [-0.25, -0.2) is 21.9 Å². The first-order chi connectivity index (χ1) is 15.4. The molecule has 2 aromatic heterocycles. The number of halogens is 2. The van der Waals surface area contributed by atoms with Crippen LogP contribution in [0.25, 0.3) is 17.0 Å². The highest BCUT2D eigenvalue weighted by Crippen LogP contribution is 2.24. The zero-order valence-corrected chi connectivity index (χ0v) is 17.5. The Balaban J connectivity index is 1.45. The molecule has 0 aliphatic rings. The van der Waals surface area contributed by atoms with Crippen LogP contribution in [0.2, 0.25) is 0 Å². The minimum absolute atomic E-state index is 0.0180. The van der Waals surface area contributed by atoms with E-state index in [-0.39, 0.29) is 29.7 Å². The van der Waals surface area contributed by atoms with Gasteiger partial charge in [0.25, 0.3) is 0 Å². The quantitative estimate of drug-likeness (QED) is 0.402. The van der Waals surface area contributed by atoms with Crippen LogP contribution in [-0.4, -0.2) is 48.5 Å². The van der Waals surface area contributed by atoms with Crippen LogP contribution >= 0.6 is 0 Å². The van der Waals surface area contributed by atoms with E-state index in [0.29, 0.717) is 17.0 Å². The molecule has 2 aromatic carbocycles. The lowest BCUT2D eigenvalue weighted by Crippen LogP contribution is -2.28. The molecule has 1 N–H and O–H groups in total. The Labute approximate surface area is 181 Å². The van der Waals surface area contributed by atoms with Crippen molar-refractivity contribution in [1.29, 1.82) is 0 Å². The maximum Gasteiger partial charge on any atom is 0.244 e. The first-order valence-corrected chi connectivity index (χ1v) is 10.8. The number of ether oxygens (including phenoxy) is 2. The lowest BCUT2D eigenvalue weighted by atomic mass is 10.2. The van der Waals surface area contributed by atoms with E-state index >= 15 is 0 Å². The first kappa shape index (κ1) is 21.6. The standard InChI is InChI=1S/C20H17F2N5O4S/c1-30-16-6-5-15(22)12-17(16)32(28,29)23-9-10-31-19-8-7-18-24-25-20(27(18)26-19)13-3-2-4-14(21)11-13/h2-8,11-12,23H,9-10H2,1H3. The predicted molar refractivity (Wildman–Crippen MR) is 110 cm³/mol. The number of sulfonamides is 1. The van der Waals surface area contributed by atoms with Crippen molar-refractivity contribution in [1.82, 2.24) is 24.5 Å². The number of nitrogens with zero attached hydrogens (tertiary/aromatic N) is 4. The second-order valence-electron chi connectivity index (χ2n) is 6.52. The number of benzene rings is 2. The molecule has 0 saturated heterocycles. The predicted octanol–water partition coefficient (Wildman–Crippen LogP) is 2.44. The van der Waals surface area contributed by atoms with E-state index in [1.165, 1.54) is 29.8 Å². The number of hydrogen-bond acceptors (Lipinski definition) is 7. The highest BCUT2D eigenvalue weighted by molar-refractivity contribution is 7.89. The van der Waals surface area contributed by atoms with E-state index < -0.39 is 21.7 Å². The highest BCUT2D eigenvalue weighted by atomic mass is 32.2. The molecule has 0 bridgehead atoms. The van der Waals surface area contributed by atoms with Gasteiger partial charge in [0.1, 0.15) is 28.9 Å². The van der Waals surface area contributed by atoms with Crippen LogP contribution in [0.4, 0.5) is 8.78 Å². The monoisotopic (exact) mass is 461 g/mol. The second-order valence-corrected chi connectivity index (χ2v) is 8.25. The van der Waals surface area contributed by atoms with Crippen molar-refractivity contribution < 1.29 is 26.7 Å². The molecule has 0 amide bonds. The molecule has 166 valence electrons. The summed E-state index contributed by atoms with van der Waals surface area (Å²) in [4.78, 5) is -0.316. The Bertz CT molecular complexity index is 1380. The first-order valence-electron chi connectivity index (χ1n) is 9.32. The van der Waals surface area contributed by atoms with Crippen molar-refractivity contribution in [3.05, 3.63) is 66.2 Å². The minimum atomic E-state index is -4.03. The summed E-state index contributed by atoms with van der Waals surface area (Å²) in [5.74, 6) is -0.609. The van der Waals surface area contributed by atoms with Crippen molar-refractivity contribution >= 4 is 15.7 Å². The minimum Gasteiger partial charge on any atom is -0.495 e. The van der Waals surface area contributed by atoms with Crippen LogP contribution in [0.5, 0.6) is 11.6 Å². The van der Waals surface area contributed by atoms with Gasteiger partial charge in [-0.1, -0.05) is 12.1 Å². The third-order valence-electron chi connectivity index (χ3n) is 4.38. The normalized spacial score (nSPS) is 11.6. The number of nitrogens with one attached hydrogen (secondary N) is 1. The maximum absolute atomic E-state index is 13.5. The molecule has 0 saturated carbocycles. The van der Waals surface area contributed by atoms with Crippen molar-refractivity contribution in [2.75, 3.05) is 20.3 Å². The topological polar surface area (TPSA) is 108 Å². The molecule has 12 heteroatoms. The molecule has 2 heterocycles. The molecule has 4 aromatic rings. The van der Waals surface area contributed by atoms with Gasteiger partial charge in [0.05, 0.1) is 7.11 Å². The van der Waals surface area contributed by atoms with Gasteiger partial charge in [-0.15, -0.1) is 15.3 Å². The Hall–Kier alpha value is -3.64. The smallest absolute Gasteiger partial charge is 0.244 e. The van der Waals surface area contributed by atoms with Crippen LogP contribution in [-0.2, 0) is 10.0 Å². The zero-order valence-electron chi connectivity index (χ0n) is 16.7. The molecule has 4 rings (SSSR count). The lowest BCUT2D eigenvalue weighted by Gasteiger charge is -2.11. The SMILES string of the molecule is COc1ccc(F)cc1S(=O)(=O)NCCOc1ccc2nnc(-c3cccc(F)c3)n2n1. The largest absolute Gasteiger partial charge is 0.495 e. The molecule has 0 atom stereocenters. The van der Waals surface area contributed by atoms with Crippen molar-refractivity contribution in [2.24, 2.45) is 0 Å². The van der Waals surface area contributed by atoms with E-state index in [9.17, 15) is 17.2 Å². The van der Waals surface area contributed by atoms with Gasteiger partial charge in [0.15, 0.2) is 11.5 Å². The summed E-state index contributed by atoms with van der Waals surface area (Å²) in [5, 5.41) is 12.3. The highest BCUT2D eigenvalue weighted by Gasteiger charge is 2.20. The third-order valence-corrected chi connectivity index (χ3v) is 5.86. The summed E-state index contributed by atoms with van der Waals surface area (Å²) >= 11 is 0. The van der Waals surface area contributed by atoms with E-state index in [1.54, 1.807) is 24.3 Å². The van der Waals surface area contributed by atoms with E-state index in [2.05, 4.69) is 20.0 Å². The molecule has 0 unspecified atom stereocenters. The molecular formula is C20H17F2N5O4S. The van der Waals surface area contributed by atoms with Crippen LogP contribution < -0.4 is 14.2 Å². The van der Waals surface area contributed by atoms with Gasteiger partial charge < -0.3 is 9.47 Å². The molecule has 9 nitrogen and oxygen atoms in total. The Morgan fingerprint density at radius 2 is 1.84 bits per heavy atom. The molecule has 0 radical (unpaired) electrons. The number of methoxy groups -OCH3 is 1. The van der Waals surface area contributed by atoms with Gasteiger partial charge in [0.2, 0.25) is 15.9 Å². The number of fused-ring (bicyclic) bond motifs is 1. The van der Waals surface area contributed by atoms with E-state index in [0.717, 1.165) is 12.1 Å². The molecule has 0 fully saturated rings. The Morgan fingerprint density at radius 1 is 1.03 bits per heavy atom. The fraction of sp³-hybridized carbons (Fsp3) is 0.150. The molecule has 32 heavy (non-hydrogen) atoms. The molecule has 0 aliphatic carbocycles. The summed E-state index contributed by atoms with van der Waals surface area (Å²) in [5.41, 5.74) is 0.912. The Kier molecular flexibility index (Phi) is 5.97. The van der Waals surface area contributed by atoms with Crippen LogP contribution in [0.15, 0.2) is 59.5 Å². The third kappa shape index (κ3) is 4.50. The second kappa shape index (κ2) is 8.85. The summed E-state index contributed by atoms with van der Waals surface area (Å²) in [6.45, 7) is -0.173. The summed E-state index contributed by atoms with van der Waals surface area (Å²) < 4.78 is 66.2. The lowest BCUT2D eigenvalue weighted by molar-refractivity contribution is 0.305. The van der Waals surface area contributed by atoms with E-state index in [1.807, 2.05) is 0 Å². The average Bonchev–Trinajstić information content (AvgIpc) is 3.20. The average molecular weight is 461 g/mol. The summed E-state index contributed by atoms with van der Waals surface area (Å²) in [6.07, 6.45) is 0. The van der Waals surface area contributed by atoms with Crippen LogP contribution in [0, 0.1) is 11.6 Å². The fourth-order valence-corrected chi connectivity index (χ4v) is 4.12. The maximum atomic E-state index is 13.5. The Morgan fingerprint density at radius 3 is 2.62 bits per heavy atom. The van der Waals surface area contributed by atoms with E-state index in [4.69, 9.17) is 9.47 Å². The number of hydrogen-bond donors (Lipinski definition) is 1. The number of aromatic nitrogens is 4. The molecule has 0 spiro atoms. The summed E-state index contributed by atoms with van der Waals surface area (Å²) in [6, 6.07) is 12.2. The fourth-order valence-electron chi connectivity index (χ4n) is 2.93. The van der Waals surface area contributed by atoms with Crippen LogP contribution in [0.1, 0.15) is 0 Å². The number of rotatable bonds is 8. The van der Waals surface area contributed by atoms with Crippen LogP contribution in [0.3, 0.4) is 0 Å². The van der Waals surface area contributed by atoms with Crippen molar-refractivity contribution in [2.45, 2.75) is 4.90 Å². The zero-order chi connectivity index (χ0) is 22.7.